The van der Waals surface area contributed by atoms with Gasteiger partial charge in [-0.05, 0) is 97.7 Å². The largest absolute Gasteiger partial charge is 0.461 e. The summed E-state index contributed by atoms with van der Waals surface area (Å²) in [6.45, 7) is 15.3. The number of aliphatic hydroxyl groups is 13. The number of ether oxygens (including phenoxy) is 10. The SMILES string of the molecule is CCCCCC(=O)O[C@H]1CC(C)(C)C[C@@H]2[C@@]13[C@H](O)C[C@]1(C)[C@@]2(CC[C@@H]2[C@@]4(C)CC[C@H](O[C@@H]5OC[C@H](O[C@@H]6O[C@H](CO)[C@@H](O)[C@H](O)[C@H]6O[C@@H]6OC[C@@H](O)[C@H](O)[C@H]6O)[C@H](O)[C@H]5O[C@@H]5O[C@H](CO)[C@@H](O)[C@H](O)[C@H]5O)C(C)(C)[C@@H]4CC[C@]21C)O[C@@H]3O. The van der Waals surface area contributed by atoms with E-state index in [-0.39, 0.29) is 46.4 Å². The number of rotatable bonds is 15. The van der Waals surface area contributed by atoms with Crippen molar-refractivity contribution in [3.8, 4) is 0 Å². The Bertz CT molecular complexity index is 2230. The minimum absolute atomic E-state index is 0.0503. The average Bonchev–Trinajstić information content (AvgIpc) is 1.38. The second kappa shape index (κ2) is 23.2. The quantitative estimate of drug-likeness (QED) is 0.0550. The summed E-state index contributed by atoms with van der Waals surface area (Å²) < 4.78 is 62.4. The van der Waals surface area contributed by atoms with Crippen LogP contribution >= 0.6 is 0 Å². The summed E-state index contributed by atoms with van der Waals surface area (Å²) in [5.74, 6) is -0.405. The molecule has 472 valence electrons. The summed E-state index contributed by atoms with van der Waals surface area (Å²) in [6.07, 6.45) is -25.3. The van der Waals surface area contributed by atoms with Crippen LogP contribution in [0.4, 0.5) is 0 Å². The monoisotopic (exact) mass is 1180 g/mol. The van der Waals surface area contributed by atoms with Crippen molar-refractivity contribution < 1.29 is 119 Å². The second-order valence-electron chi connectivity index (χ2n) is 28.3. The van der Waals surface area contributed by atoms with Crippen LogP contribution in [0.2, 0.25) is 0 Å². The van der Waals surface area contributed by atoms with Gasteiger partial charge in [-0.25, -0.2) is 0 Å². The highest BCUT2D eigenvalue weighted by atomic mass is 16.8. The Balaban J connectivity index is 0.899. The molecule has 5 aliphatic carbocycles. The highest BCUT2D eigenvalue weighted by molar-refractivity contribution is 5.69. The molecular weight excluding hydrogens is 1080 g/mol. The van der Waals surface area contributed by atoms with Gasteiger partial charge in [-0.3, -0.25) is 4.79 Å². The van der Waals surface area contributed by atoms with Crippen LogP contribution in [0.25, 0.3) is 0 Å². The van der Waals surface area contributed by atoms with Crippen molar-refractivity contribution in [2.24, 2.45) is 50.2 Å². The Kier molecular flexibility index (Phi) is 18.0. The van der Waals surface area contributed by atoms with Crippen LogP contribution in [0.5, 0.6) is 0 Å². The molecule has 24 heteroatoms. The first-order valence-corrected chi connectivity index (χ1v) is 30.3. The molecule has 5 aliphatic heterocycles. The molecule has 0 aromatic rings. The van der Waals surface area contributed by atoms with Gasteiger partial charge in [0.1, 0.15) is 91.6 Å². The lowest BCUT2D eigenvalue weighted by atomic mass is 9.30. The topological polar surface area (TPSA) is 372 Å². The molecule has 5 heterocycles. The van der Waals surface area contributed by atoms with Gasteiger partial charge in [-0.1, -0.05) is 68.2 Å². The number of carbonyl (C=O) groups excluding carboxylic acids is 1. The number of aliphatic hydroxyl groups excluding tert-OH is 13. The fourth-order valence-electron chi connectivity index (χ4n) is 18.6. The van der Waals surface area contributed by atoms with Crippen molar-refractivity contribution in [3.05, 3.63) is 0 Å². The number of hydrogen-bond acceptors (Lipinski definition) is 24. The van der Waals surface area contributed by atoms with E-state index in [0.717, 1.165) is 32.1 Å². The van der Waals surface area contributed by atoms with Crippen LogP contribution < -0.4 is 0 Å². The van der Waals surface area contributed by atoms with E-state index in [1.165, 1.54) is 0 Å². The van der Waals surface area contributed by atoms with Crippen molar-refractivity contribution in [1.82, 2.24) is 0 Å². The maximum Gasteiger partial charge on any atom is 0.306 e. The standard InChI is InChI=1S/C58H96O24/c1-9-10-11-12-36(63)78-35-21-52(2,3)19-32-57-18-14-31-54(6)16-15-34(53(4,5)30(54)13-17-55(31,7)56(57,8)20-33(62)58(32,35)51(72)82-57)79-49-45(81-48-44(71)41(68)38(65)27(22-59)75-48)40(67)29(25-74-49)77-50-46(42(69)39(66)28(23-60)76-50)80-47-43(70)37(64)26(61)24-73-47/h26-35,37-51,59-62,64-72H,9-25H2,1-8H3/t26-,27-,28-,29+,30+,31-,32+,33-,34+,35+,37+,38-,39-,40+,41+,42+,43-,44-,45-,46-,47+,48+,49+,50+,51+,54+,55-,56+,57+,58-/m1/s1. The molecule has 10 fully saturated rings. The predicted octanol–water partition coefficient (Wildman–Crippen LogP) is -0.652. The van der Waals surface area contributed by atoms with Gasteiger partial charge in [0.2, 0.25) is 0 Å². The zero-order chi connectivity index (χ0) is 59.6. The van der Waals surface area contributed by atoms with Gasteiger partial charge in [-0.2, -0.15) is 0 Å². The van der Waals surface area contributed by atoms with Crippen molar-refractivity contribution in [2.45, 2.75) is 280 Å². The molecule has 82 heavy (non-hydrogen) atoms. The average molecular weight is 1180 g/mol. The van der Waals surface area contributed by atoms with E-state index in [9.17, 15) is 71.2 Å². The summed E-state index contributed by atoms with van der Waals surface area (Å²) in [5, 5.41) is 144. The van der Waals surface area contributed by atoms with Crippen molar-refractivity contribution in [3.63, 3.8) is 0 Å². The van der Waals surface area contributed by atoms with E-state index < -0.39 is 183 Å². The van der Waals surface area contributed by atoms with Crippen LogP contribution in [-0.2, 0) is 52.2 Å². The molecule has 1 spiro atoms. The van der Waals surface area contributed by atoms with Crippen LogP contribution in [0.1, 0.15) is 139 Å². The Morgan fingerprint density at radius 1 is 0.561 bits per heavy atom. The minimum atomic E-state index is -1.91. The third-order valence-electron chi connectivity index (χ3n) is 23.1. The smallest absolute Gasteiger partial charge is 0.306 e. The molecule has 30 atom stereocenters. The number of hydrogen-bond donors (Lipinski definition) is 13. The van der Waals surface area contributed by atoms with E-state index in [4.69, 9.17) is 47.4 Å². The van der Waals surface area contributed by atoms with Gasteiger partial charge in [0.05, 0.1) is 49.7 Å². The molecule has 0 amide bonds. The maximum absolute atomic E-state index is 13.5. The van der Waals surface area contributed by atoms with Crippen LogP contribution in [0.3, 0.4) is 0 Å². The lowest BCUT2D eigenvalue weighted by Gasteiger charge is -2.75. The number of carbonyl (C=O) groups is 1. The molecule has 0 radical (unpaired) electrons. The fourth-order valence-corrected chi connectivity index (χ4v) is 18.6. The molecule has 13 N–H and O–H groups in total. The fraction of sp³-hybridized carbons (Fsp3) is 0.983. The molecule has 5 saturated heterocycles. The molecule has 2 bridgehead atoms. The molecule has 24 nitrogen and oxygen atoms in total. The van der Waals surface area contributed by atoms with Gasteiger partial charge < -0.3 is 114 Å². The predicted molar refractivity (Wildman–Crippen MR) is 281 cm³/mol. The number of fused-ring (bicyclic) bond motifs is 4. The van der Waals surface area contributed by atoms with Gasteiger partial charge in [0.15, 0.2) is 31.5 Å². The van der Waals surface area contributed by atoms with Gasteiger partial charge in [0.25, 0.3) is 0 Å². The summed E-state index contributed by atoms with van der Waals surface area (Å²) in [5.41, 5.74) is -4.12. The third-order valence-corrected chi connectivity index (χ3v) is 23.1. The number of esters is 1. The molecule has 0 aromatic heterocycles. The highest BCUT2D eigenvalue weighted by Crippen LogP contribution is 2.81. The van der Waals surface area contributed by atoms with Crippen molar-refractivity contribution in [1.29, 1.82) is 0 Å². The Morgan fingerprint density at radius 2 is 1.18 bits per heavy atom. The Labute approximate surface area is 479 Å². The first-order chi connectivity index (χ1) is 38.5. The zero-order valence-corrected chi connectivity index (χ0v) is 48.8. The molecule has 10 aliphatic rings. The Morgan fingerprint density at radius 3 is 1.87 bits per heavy atom. The second-order valence-corrected chi connectivity index (χ2v) is 28.3. The van der Waals surface area contributed by atoms with E-state index in [2.05, 4.69) is 55.4 Å². The van der Waals surface area contributed by atoms with Crippen molar-refractivity contribution in [2.75, 3.05) is 26.4 Å². The first kappa shape index (κ1) is 63.6. The lowest BCUT2D eigenvalue weighted by molar-refractivity contribution is -0.392. The van der Waals surface area contributed by atoms with Gasteiger partial charge in [-0.15, -0.1) is 0 Å². The van der Waals surface area contributed by atoms with E-state index in [1.54, 1.807) is 0 Å². The van der Waals surface area contributed by atoms with E-state index in [1.807, 2.05) is 0 Å². The minimum Gasteiger partial charge on any atom is -0.461 e. The first-order valence-electron chi connectivity index (χ1n) is 30.3. The number of unbranched alkanes of at least 4 members (excludes halogenated alkanes) is 2. The molecule has 10 rings (SSSR count). The lowest BCUT2D eigenvalue weighted by Crippen LogP contribution is -2.75. The normalized spacial score (nSPS) is 54.2. The van der Waals surface area contributed by atoms with Gasteiger partial charge >= 0.3 is 5.97 Å². The maximum atomic E-state index is 13.5. The van der Waals surface area contributed by atoms with Crippen molar-refractivity contribution >= 4 is 5.97 Å². The van der Waals surface area contributed by atoms with Crippen LogP contribution in [0, 0.1) is 50.2 Å². The molecule has 0 aromatic carbocycles. The van der Waals surface area contributed by atoms with E-state index in [0.29, 0.717) is 44.9 Å². The molecule has 5 saturated carbocycles. The van der Waals surface area contributed by atoms with Crippen LogP contribution in [0.15, 0.2) is 0 Å². The Hall–Kier alpha value is -1.41. The summed E-state index contributed by atoms with van der Waals surface area (Å²) >= 11 is 0. The summed E-state index contributed by atoms with van der Waals surface area (Å²) in [6, 6.07) is 0. The molecular formula is C58H96O24. The molecule has 0 unspecified atom stereocenters. The van der Waals surface area contributed by atoms with Crippen LogP contribution in [-0.4, -0.2) is 240 Å². The third kappa shape index (κ3) is 9.99. The van der Waals surface area contributed by atoms with E-state index >= 15 is 0 Å². The zero-order valence-electron chi connectivity index (χ0n) is 48.8. The highest BCUT2D eigenvalue weighted by Gasteiger charge is 2.84. The van der Waals surface area contributed by atoms with Gasteiger partial charge in [0, 0.05) is 17.8 Å². The summed E-state index contributed by atoms with van der Waals surface area (Å²) in [7, 11) is 0. The summed E-state index contributed by atoms with van der Waals surface area (Å²) in [4.78, 5) is 13.5.